The van der Waals surface area contributed by atoms with E-state index >= 15 is 0 Å². The van der Waals surface area contributed by atoms with Gasteiger partial charge in [-0.05, 0) is 56.9 Å². The molecule has 0 saturated heterocycles. The highest BCUT2D eigenvalue weighted by Gasteiger charge is 2.23. The van der Waals surface area contributed by atoms with Crippen molar-refractivity contribution in [3.8, 4) is 0 Å². The van der Waals surface area contributed by atoms with Crippen molar-refractivity contribution < 1.29 is 14.0 Å². The quantitative estimate of drug-likeness (QED) is 0.795. The maximum atomic E-state index is 12.9. The molecular formula is C19H23FN4O2S. The molecule has 3 rings (SSSR count). The van der Waals surface area contributed by atoms with Gasteiger partial charge in [-0.15, -0.1) is 11.8 Å². The highest BCUT2D eigenvalue weighted by atomic mass is 32.2. The summed E-state index contributed by atoms with van der Waals surface area (Å²) in [5.41, 5.74) is 2.72. The second kappa shape index (κ2) is 8.56. The fraction of sp³-hybridized carbons (Fsp3) is 0.421. The molecule has 0 radical (unpaired) electrons. The Labute approximate surface area is 161 Å². The van der Waals surface area contributed by atoms with Gasteiger partial charge in [0.1, 0.15) is 11.6 Å². The zero-order valence-corrected chi connectivity index (χ0v) is 16.2. The van der Waals surface area contributed by atoms with E-state index in [1.54, 1.807) is 11.6 Å². The number of nitrogens with zero attached hydrogens (tertiary/aromatic N) is 2. The minimum Gasteiger partial charge on any atom is -0.325 e. The van der Waals surface area contributed by atoms with E-state index in [1.165, 1.54) is 36.0 Å². The normalized spacial score (nSPS) is 14.3. The van der Waals surface area contributed by atoms with Crippen molar-refractivity contribution in [2.45, 2.75) is 37.9 Å². The van der Waals surface area contributed by atoms with E-state index < -0.39 is 5.25 Å². The smallest absolute Gasteiger partial charge is 0.238 e. The molecule has 1 aliphatic rings. The van der Waals surface area contributed by atoms with Crippen LogP contribution in [0.15, 0.2) is 24.3 Å². The molecule has 1 aromatic heterocycles. The largest absolute Gasteiger partial charge is 0.325 e. The number of aryl methyl sites for hydroxylation is 2. The number of carbonyl (C=O) groups excluding carboxylic acids is 2. The predicted molar refractivity (Wildman–Crippen MR) is 105 cm³/mol. The summed E-state index contributed by atoms with van der Waals surface area (Å²) >= 11 is 1.25. The minimum absolute atomic E-state index is 0.134. The topological polar surface area (TPSA) is 76.0 Å². The fourth-order valence-corrected chi connectivity index (χ4v) is 3.75. The molecule has 1 heterocycles. The molecule has 1 aliphatic carbocycles. The molecule has 0 saturated carbocycles. The average Bonchev–Trinajstić information content (AvgIpc) is 2.97. The Hall–Kier alpha value is -2.35. The van der Waals surface area contributed by atoms with Crippen LogP contribution in [-0.2, 0) is 29.5 Å². The lowest BCUT2D eigenvalue weighted by molar-refractivity contribution is -0.115. The first kappa shape index (κ1) is 19.4. The first-order valence-corrected chi connectivity index (χ1v) is 10.0. The summed E-state index contributed by atoms with van der Waals surface area (Å²) in [4.78, 5) is 24.5. The summed E-state index contributed by atoms with van der Waals surface area (Å²) in [6.07, 6.45) is 4.12. The third kappa shape index (κ3) is 4.88. The third-order valence-corrected chi connectivity index (χ3v) is 5.67. The molecular weight excluding hydrogens is 367 g/mol. The zero-order chi connectivity index (χ0) is 19.4. The van der Waals surface area contributed by atoms with Gasteiger partial charge in [0.2, 0.25) is 11.8 Å². The van der Waals surface area contributed by atoms with Crippen molar-refractivity contribution in [2.75, 3.05) is 16.4 Å². The molecule has 2 N–H and O–H groups in total. The summed E-state index contributed by atoms with van der Waals surface area (Å²) in [5, 5.41) is 9.76. The molecule has 1 atom stereocenters. The lowest BCUT2D eigenvalue weighted by Gasteiger charge is -2.15. The number of rotatable bonds is 6. The van der Waals surface area contributed by atoms with Gasteiger partial charge in [0.15, 0.2) is 0 Å². The van der Waals surface area contributed by atoms with Gasteiger partial charge in [-0.1, -0.05) is 0 Å². The van der Waals surface area contributed by atoms with Crippen molar-refractivity contribution in [3.63, 3.8) is 0 Å². The standard InChI is InChI=1S/C19H23FN4O2S/c1-12(27-11-17(25)21-14-9-7-13(20)8-10-14)19(26)22-18-15-5-3-4-6-16(15)23-24(18)2/h7-10,12H,3-6,11H2,1-2H3,(H,21,25)(H,22,26). The van der Waals surface area contributed by atoms with Crippen LogP contribution in [0.5, 0.6) is 0 Å². The Bertz CT molecular complexity index is 835. The maximum Gasteiger partial charge on any atom is 0.238 e. The van der Waals surface area contributed by atoms with E-state index in [4.69, 9.17) is 0 Å². The average molecular weight is 390 g/mol. The van der Waals surface area contributed by atoms with Gasteiger partial charge in [-0.3, -0.25) is 14.3 Å². The summed E-state index contributed by atoms with van der Waals surface area (Å²) in [5.74, 6) is 0.160. The second-order valence-corrected chi connectivity index (χ2v) is 7.93. The molecule has 2 aromatic rings. The highest BCUT2D eigenvalue weighted by molar-refractivity contribution is 8.01. The molecule has 0 aliphatic heterocycles. The van der Waals surface area contributed by atoms with Crippen molar-refractivity contribution in [2.24, 2.45) is 7.05 Å². The lowest BCUT2D eigenvalue weighted by Crippen LogP contribution is -2.26. The molecule has 0 spiro atoms. The zero-order valence-electron chi connectivity index (χ0n) is 15.4. The number of hydrogen-bond acceptors (Lipinski definition) is 4. The van der Waals surface area contributed by atoms with Crippen LogP contribution in [0.1, 0.15) is 31.0 Å². The Kier molecular flexibility index (Phi) is 6.15. The van der Waals surface area contributed by atoms with Crippen LogP contribution in [0.2, 0.25) is 0 Å². The third-order valence-electron chi connectivity index (χ3n) is 4.52. The van der Waals surface area contributed by atoms with Gasteiger partial charge in [0.25, 0.3) is 0 Å². The molecule has 2 amide bonds. The van der Waals surface area contributed by atoms with Crippen molar-refractivity contribution in [1.82, 2.24) is 9.78 Å². The molecule has 0 bridgehead atoms. The van der Waals surface area contributed by atoms with E-state index in [0.717, 1.165) is 42.8 Å². The van der Waals surface area contributed by atoms with Crippen LogP contribution in [0.3, 0.4) is 0 Å². The van der Waals surface area contributed by atoms with E-state index in [-0.39, 0.29) is 23.4 Å². The first-order chi connectivity index (χ1) is 12.9. The van der Waals surface area contributed by atoms with Gasteiger partial charge >= 0.3 is 0 Å². The molecule has 8 heteroatoms. The lowest BCUT2D eigenvalue weighted by atomic mass is 9.97. The summed E-state index contributed by atoms with van der Waals surface area (Å²) in [6.45, 7) is 1.77. The van der Waals surface area contributed by atoms with Crippen LogP contribution in [0, 0.1) is 5.82 Å². The SMILES string of the molecule is CC(SCC(=O)Nc1ccc(F)cc1)C(=O)Nc1c2c(nn1C)CCCC2. The van der Waals surface area contributed by atoms with Crippen LogP contribution >= 0.6 is 11.8 Å². The Morgan fingerprint density at radius 1 is 1.22 bits per heavy atom. The van der Waals surface area contributed by atoms with E-state index in [2.05, 4.69) is 15.7 Å². The van der Waals surface area contributed by atoms with Crippen LogP contribution < -0.4 is 10.6 Å². The number of anilines is 2. The van der Waals surface area contributed by atoms with Crippen LogP contribution in [0.25, 0.3) is 0 Å². The maximum absolute atomic E-state index is 12.9. The number of benzene rings is 1. The summed E-state index contributed by atoms with van der Waals surface area (Å²) < 4.78 is 14.6. The number of aromatic nitrogens is 2. The summed E-state index contributed by atoms with van der Waals surface area (Å²) in [6, 6.07) is 5.57. The number of fused-ring (bicyclic) bond motifs is 1. The molecule has 6 nitrogen and oxygen atoms in total. The van der Waals surface area contributed by atoms with Crippen LogP contribution in [0.4, 0.5) is 15.9 Å². The van der Waals surface area contributed by atoms with Crippen LogP contribution in [-0.4, -0.2) is 32.6 Å². The molecule has 144 valence electrons. The first-order valence-electron chi connectivity index (χ1n) is 8.96. The van der Waals surface area contributed by atoms with Gasteiger partial charge in [0, 0.05) is 18.3 Å². The van der Waals surface area contributed by atoms with Gasteiger partial charge < -0.3 is 10.6 Å². The highest BCUT2D eigenvalue weighted by Crippen LogP contribution is 2.27. The van der Waals surface area contributed by atoms with Gasteiger partial charge in [-0.2, -0.15) is 5.10 Å². The predicted octanol–water partition coefficient (Wildman–Crippen LogP) is 3.14. The van der Waals surface area contributed by atoms with Crippen molar-refractivity contribution in [1.29, 1.82) is 0 Å². The van der Waals surface area contributed by atoms with Gasteiger partial charge in [-0.25, -0.2) is 4.39 Å². The number of amides is 2. The van der Waals surface area contributed by atoms with Gasteiger partial charge in [0.05, 0.1) is 16.7 Å². The molecule has 1 unspecified atom stereocenters. The number of hydrogen-bond donors (Lipinski definition) is 2. The van der Waals surface area contributed by atoms with Crippen molar-refractivity contribution in [3.05, 3.63) is 41.3 Å². The Balaban J connectivity index is 1.51. The Morgan fingerprint density at radius 2 is 1.93 bits per heavy atom. The summed E-state index contributed by atoms with van der Waals surface area (Å²) in [7, 11) is 1.84. The van der Waals surface area contributed by atoms with Crippen molar-refractivity contribution >= 4 is 35.1 Å². The second-order valence-electron chi connectivity index (χ2n) is 6.60. The van der Waals surface area contributed by atoms with E-state index in [0.29, 0.717) is 5.69 Å². The minimum atomic E-state index is -0.391. The number of nitrogens with one attached hydrogen (secondary N) is 2. The Morgan fingerprint density at radius 3 is 2.67 bits per heavy atom. The molecule has 0 fully saturated rings. The van der Waals surface area contributed by atoms with E-state index in [1.807, 2.05) is 7.05 Å². The molecule has 27 heavy (non-hydrogen) atoms. The number of carbonyl (C=O) groups is 2. The number of thioether (sulfide) groups is 1. The fourth-order valence-electron chi connectivity index (χ4n) is 3.06. The monoisotopic (exact) mass is 390 g/mol. The van der Waals surface area contributed by atoms with E-state index in [9.17, 15) is 14.0 Å². The molecule has 1 aromatic carbocycles. The number of halogens is 1.